The number of carbonyl (C=O) groups excluding carboxylic acids is 2. The Morgan fingerprint density at radius 3 is 2.63 bits per heavy atom. The van der Waals surface area contributed by atoms with Crippen molar-refractivity contribution < 1.29 is 18.4 Å². The molecule has 2 aliphatic carbocycles. The third-order valence-corrected chi connectivity index (χ3v) is 5.87. The minimum absolute atomic E-state index is 0.0680. The molecule has 0 N–H and O–H groups in total. The standard InChI is InChI=1S/C22H27NO4/c1-12-8-15(12)17-7-6-14(26-17)11-23(5)21(25)20-13(2)19-16(24)9-22(3,4)10-18(19)27-20/h6-7,12,15H,8-11H2,1-5H3/t12-,15-/m0/s1. The molecule has 5 nitrogen and oxygen atoms in total. The summed E-state index contributed by atoms with van der Waals surface area (Å²) in [6.45, 7) is 8.50. The second-order valence-corrected chi connectivity index (χ2v) is 9.08. The number of Topliss-reactive ketones (excluding diaryl/α,β-unsaturated/α-hetero) is 1. The van der Waals surface area contributed by atoms with Gasteiger partial charge in [-0.1, -0.05) is 20.8 Å². The molecule has 0 radical (unpaired) electrons. The fourth-order valence-electron chi connectivity index (χ4n) is 4.16. The molecule has 2 aliphatic rings. The monoisotopic (exact) mass is 369 g/mol. The minimum Gasteiger partial charge on any atom is -0.464 e. The van der Waals surface area contributed by atoms with Crippen LogP contribution in [0.1, 0.15) is 83.3 Å². The van der Waals surface area contributed by atoms with Gasteiger partial charge in [0, 0.05) is 31.4 Å². The van der Waals surface area contributed by atoms with Crippen LogP contribution in [0.15, 0.2) is 21.0 Å². The molecule has 144 valence electrons. The first-order chi connectivity index (χ1) is 12.7. The normalized spacial score (nSPS) is 23.2. The number of hydrogen-bond acceptors (Lipinski definition) is 4. The molecular weight excluding hydrogens is 342 g/mol. The second-order valence-electron chi connectivity index (χ2n) is 9.08. The van der Waals surface area contributed by atoms with Crippen LogP contribution < -0.4 is 0 Å². The van der Waals surface area contributed by atoms with Crippen LogP contribution in [0.5, 0.6) is 0 Å². The number of carbonyl (C=O) groups is 2. The van der Waals surface area contributed by atoms with Gasteiger partial charge in [0.2, 0.25) is 0 Å². The number of nitrogens with zero attached hydrogens (tertiary/aromatic N) is 1. The van der Waals surface area contributed by atoms with Gasteiger partial charge in [-0.25, -0.2) is 0 Å². The summed E-state index contributed by atoms with van der Waals surface area (Å²) in [7, 11) is 1.73. The third kappa shape index (κ3) is 3.24. The van der Waals surface area contributed by atoms with Crippen molar-refractivity contribution in [1.82, 2.24) is 4.90 Å². The zero-order valence-electron chi connectivity index (χ0n) is 16.7. The highest BCUT2D eigenvalue weighted by Crippen LogP contribution is 2.47. The number of hydrogen-bond donors (Lipinski definition) is 0. The van der Waals surface area contributed by atoms with E-state index in [2.05, 4.69) is 20.8 Å². The maximum absolute atomic E-state index is 12.9. The Hall–Kier alpha value is -2.30. The van der Waals surface area contributed by atoms with E-state index in [9.17, 15) is 9.59 Å². The molecule has 2 aromatic heterocycles. The third-order valence-electron chi connectivity index (χ3n) is 5.87. The summed E-state index contributed by atoms with van der Waals surface area (Å²) in [5, 5.41) is 0. The van der Waals surface area contributed by atoms with Crippen LogP contribution in [0.2, 0.25) is 0 Å². The molecule has 27 heavy (non-hydrogen) atoms. The molecule has 0 aromatic carbocycles. The lowest BCUT2D eigenvalue weighted by Crippen LogP contribution is -2.26. The van der Waals surface area contributed by atoms with E-state index < -0.39 is 0 Å². The molecule has 0 unspecified atom stereocenters. The Balaban J connectivity index is 1.52. The summed E-state index contributed by atoms with van der Waals surface area (Å²) in [5.41, 5.74) is 1.13. The van der Waals surface area contributed by atoms with Crippen molar-refractivity contribution in [3.8, 4) is 0 Å². The Bertz CT molecular complexity index is 917. The maximum Gasteiger partial charge on any atom is 0.290 e. The summed E-state index contributed by atoms with van der Waals surface area (Å²) < 4.78 is 11.8. The van der Waals surface area contributed by atoms with Crippen LogP contribution in [-0.2, 0) is 13.0 Å². The van der Waals surface area contributed by atoms with Gasteiger partial charge in [-0.15, -0.1) is 0 Å². The summed E-state index contributed by atoms with van der Waals surface area (Å²) in [4.78, 5) is 27.0. The number of fused-ring (bicyclic) bond motifs is 1. The van der Waals surface area contributed by atoms with Crippen molar-refractivity contribution >= 4 is 11.7 Å². The number of ketones is 1. The lowest BCUT2D eigenvalue weighted by atomic mass is 9.76. The number of rotatable bonds is 4. The summed E-state index contributed by atoms with van der Waals surface area (Å²) >= 11 is 0. The van der Waals surface area contributed by atoms with Crippen molar-refractivity contribution in [3.05, 3.63) is 46.3 Å². The number of furan rings is 2. The van der Waals surface area contributed by atoms with E-state index >= 15 is 0 Å². The highest BCUT2D eigenvalue weighted by atomic mass is 16.4. The van der Waals surface area contributed by atoms with Gasteiger partial charge >= 0.3 is 0 Å². The molecule has 2 heterocycles. The minimum atomic E-state index is -0.217. The number of amides is 1. The van der Waals surface area contributed by atoms with E-state index in [1.54, 1.807) is 18.9 Å². The van der Waals surface area contributed by atoms with Crippen LogP contribution in [-0.4, -0.2) is 23.6 Å². The van der Waals surface area contributed by atoms with Gasteiger partial charge in [0.05, 0.1) is 12.1 Å². The van der Waals surface area contributed by atoms with Crippen molar-refractivity contribution in [1.29, 1.82) is 0 Å². The molecule has 0 aliphatic heterocycles. The molecule has 4 rings (SSSR count). The zero-order valence-corrected chi connectivity index (χ0v) is 16.7. The first kappa shape index (κ1) is 18.1. The highest BCUT2D eigenvalue weighted by molar-refractivity contribution is 6.03. The predicted molar refractivity (Wildman–Crippen MR) is 101 cm³/mol. The average Bonchev–Trinajstić information content (AvgIpc) is 2.98. The fourth-order valence-corrected chi connectivity index (χ4v) is 4.16. The largest absolute Gasteiger partial charge is 0.464 e. The van der Waals surface area contributed by atoms with Crippen LogP contribution in [0.25, 0.3) is 0 Å². The Kier molecular flexibility index (Phi) is 4.09. The molecule has 2 aromatic rings. The topological polar surface area (TPSA) is 63.7 Å². The van der Waals surface area contributed by atoms with Gasteiger partial charge in [-0.05, 0) is 36.8 Å². The van der Waals surface area contributed by atoms with E-state index in [0.29, 0.717) is 48.1 Å². The van der Waals surface area contributed by atoms with E-state index in [1.807, 2.05) is 12.1 Å². The van der Waals surface area contributed by atoms with Gasteiger partial charge in [0.25, 0.3) is 5.91 Å². The SMILES string of the molecule is Cc1c(C(=O)N(C)Cc2ccc([C@H]3C[C@@H]3C)o2)oc2c1C(=O)CC(C)(C)C2. The Morgan fingerprint density at radius 1 is 1.26 bits per heavy atom. The molecule has 1 fully saturated rings. The molecule has 1 saturated carbocycles. The van der Waals surface area contributed by atoms with Gasteiger partial charge in [0.1, 0.15) is 17.3 Å². The van der Waals surface area contributed by atoms with Gasteiger partial charge < -0.3 is 13.7 Å². The summed E-state index contributed by atoms with van der Waals surface area (Å²) in [5.74, 6) is 3.76. The average molecular weight is 369 g/mol. The van der Waals surface area contributed by atoms with Crippen LogP contribution >= 0.6 is 0 Å². The van der Waals surface area contributed by atoms with Crippen molar-refractivity contribution in [2.45, 2.75) is 59.4 Å². The lowest BCUT2D eigenvalue weighted by Gasteiger charge is -2.27. The molecule has 0 spiro atoms. The molecule has 2 atom stereocenters. The second kappa shape index (κ2) is 6.11. The maximum atomic E-state index is 12.9. The Morgan fingerprint density at radius 2 is 1.96 bits per heavy atom. The lowest BCUT2D eigenvalue weighted by molar-refractivity contribution is 0.0736. The van der Waals surface area contributed by atoms with Crippen LogP contribution in [0, 0.1) is 18.3 Å². The molecule has 0 bridgehead atoms. The van der Waals surface area contributed by atoms with Crippen molar-refractivity contribution in [3.63, 3.8) is 0 Å². The van der Waals surface area contributed by atoms with Gasteiger partial charge in [-0.3, -0.25) is 9.59 Å². The van der Waals surface area contributed by atoms with Gasteiger partial charge in [-0.2, -0.15) is 0 Å². The Labute approximate surface area is 159 Å². The molecule has 5 heteroatoms. The summed E-state index contributed by atoms with van der Waals surface area (Å²) in [6, 6.07) is 3.95. The fraction of sp³-hybridized carbons (Fsp3) is 0.545. The van der Waals surface area contributed by atoms with Crippen molar-refractivity contribution in [2.75, 3.05) is 7.05 Å². The van der Waals surface area contributed by atoms with Crippen LogP contribution in [0.4, 0.5) is 0 Å². The zero-order chi connectivity index (χ0) is 19.5. The van der Waals surface area contributed by atoms with E-state index in [-0.39, 0.29) is 22.9 Å². The van der Waals surface area contributed by atoms with Gasteiger partial charge in [0.15, 0.2) is 11.5 Å². The summed E-state index contributed by atoms with van der Waals surface area (Å²) in [6.07, 6.45) is 2.33. The quantitative estimate of drug-likeness (QED) is 0.781. The molecule has 1 amide bonds. The molecular formula is C22H27NO4. The highest BCUT2D eigenvalue weighted by Gasteiger charge is 2.38. The van der Waals surface area contributed by atoms with E-state index in [1.165, 1.54) is 6.42 Å². The van der Waals surface area contributed by atoms with Crippen molar-refractivity contribution in [2.24, 2.45) is 11.3 Å². The van der Waals surface area contributed by atoms with E-state index in [4.69, 9.17) is 8.83 Å². The van der Waals surface area contributed by atoms with Crippen LogP contribution in [0.3, 0.4) is 0 Å². The van der Waals surface area contributed by atoms with E-state index in [0.717, 1.165) is 11.5 Å². The first-order valence-corrected chi connectivity index (χ1v) is 9.66. The predicted octanol–water partition coefficient (Wildman–Crippen LogP) is 4.73. The molecule has 0 saturated heterocycles. The first-order valence-electron chi connectivity index (χ1n) is 9.66. The smallest absolute Gasteiger partial charge is 0.290 e.